The second-order valence-corrected chi connectivity index (χ2v) is 6.32. The van der Waals surface area contributed by atoms with E-state index in [2.05, 4.69) is 16.0 Å². The van der Waals surface area contributed by atoms with Crippen molar-refractivity contribution in [2.24, 2.45) is 0 Å². The van der Waals surface area contributed by atoms with Gasteiger partial charge >= 0.3 is 0 Å². The van der Waals surface area contributed by atoms with Gasteiger partial charge in [0, 0.05) is 17.1 Å². The molecule has 3 aromatic carbocycles. The Kier molecular flexibility index (Phi) is 6.64. The molecule has 0 aliphatic carbocycles. The number of amides is 2. The first-order valence-electron chi connectivity index (χ1n) is 9.17. The minimum absolute atomic E-state index is 0.0381. The van der Waals surface area contributed by atoms with Crippen LogP contribution in [0.3, 0.4) is 0 Å². The molecule has 0 atom stereocenters. The first-order chi connectivity index (χ1) is 14.6. The Bertz CT molecular complexity index is 1090. The van der Waals surface area contributed by atoms with E-state index >= 15 is 0 Å². The minimum atomic E-state index is -0.301. The number of nitrogens with one attached hydrogen (secondary N) is 3. The van der Waals surface area contributed by atoms with Crippen molar-refractivity contribution < 1.29 is 14.3 Å². The first kappa shape index (κ1) is 20.4. The highest BCUT2D eigenvalue weighted by Gasteiger charge is 2.12. The molecule has 0 radical (unpaired) electrons. The van der Waals surface area contributed by atoms with Crippen LogP contribution in [0.4, 0.5) is 17.1 Å². The second-order valence-electron chi connectivity index (χ2n) is 6.32. The van der Waals surface area contributed by atoms with Crippen molar-refractivity contribution >= 4 is 28.9 Å². The lowest BCUT2D eigenvalue weighted by Crippen LogP contribution is -2.23. The normalized spacial score (nSPS) is 9.87. The maximum atomic E-state index is 12.7. The minimum Gasteiger partial charge on any atom is -0.497 e. The number of carbonyl (C=O) groups is 2. The number of hydrogen-bond donors (Lipinski definition) is 3. The molecule has 3 rings (SSSR count). The van der Waals surface area contributed by atoms with Crippen molar-refractivity contribution in [1.82, 2.24) is 0 Å². The lowest BCUT2D eigenvalue weighted by atomic mass is 10.1. The van der Waals surface area contributed by atoms with Crippen LogP contribution in [0.15, 0.2) is 72.8 Å². The molecule has 3 N–H and O–H groups in total. The maximum absolute atomic E-state index is 12.7. The van der Waals surface area contributed by atoms with Crippen molar-refractivity contribution in [2.75, 3.05) is 29.6 Å². The number of benzene rings is 3. The predicted molar refractivity (Wildman–Crippen MR) is 116 cm³/mol. The topological polar surface area (TPSA) is 103 Å². The standard InChI is InChI=1S/C23H20N4O3/c1-30-19-11-9-17(10-12-19)27-23(29)20-7-2-3-8-21(20)25-15-22(28)26-18-6-4-5-16(13-18)14-24/h2-13,25H,15H2,1H3,(H,26,28)(H,27,29). The molecule has 2 amide bonds. The van der Waals surface area contributed by atoms with E-state index in [1.165, 1.54) is 0 Å². The molecular weight excluding hydrogens is 380 g/mol. The van der Waals surface area contributed by atoms with Crippen molar-refractivity contribution in [2.45, 2.75) is 0 Å². The molecule has 0 bridgehead atoms. The van der Waals surface area contributed by atoms with Crippen LogP contribution in [-0.4, -0.2) is 25.5 Å². The van der Waals surface area contributed by atoms with E-state index in [1.807, 2.05) is 6.07 Å². The van der Waals surface area contributed by atoms with Gasteiger partial charge in [-0.1, -0.05) is 18.2 Å². The van der Waals surface area contributed by atoms with Crippen LogP contribution < -0.4 is 20.7 Å². The molecular formula is C23H20N4O3. The van der Waals surface area contributed by atoms with Crippen LogP contribution >= 0.6 is 0 Å². The largest absolute Gasteiger partial charge is 0.497 e. The molecule has 0 aromatic heterocycles. The second kappa shape index (κ2) is 9.75. The van der Waals surface area contributed by atoms with E-state index in [1.54, 1.807) is 79.9 Å². The molecule has 0 spiro atoms. The molecule has 0 heterocycles. The number of nitriles is 1. The highest BCUT2D eigenvalue weighted by atomic mass is 16.5. The van der Waals surface area contributed by atoms with Gasteiger partial charge in [-0.2, -0.15) is 5.26 Å². The van der Waals surface area contributed by atoms with Crippen molar-refractivity contribution in [3.8, 4) is 11.8 Å². The van der Waals surface area contributed by atoms with Gasteiger partial charge in [0.2, 0.25) is 5.91 Å². The number of ether oxygens (including phenoxy) is 1. The molecule has 0 fully saturated rings. The smallest absolute Gasteiger partial charge is 0.257 e. The summed E-state index contributed by atoms with van der Waals surface area (Å²) in [6.07, 6.45) is 0. The van der Waals surface area contributed by atoms with E-state index in [0.29, 0.717) is 33.9 Å². The van der Waals surface area contributed by atoms with Crippen LogP contribution in [0, 0.1) is 11.3 Å². The van der Waals surface area contributed by atoms with E-state index in [0.717, 1.165) is 0 Å². The summed E-state index contributed by atoms with van der Waals surface area (Å²) in [5, 5.41) is 17.5. The summed E-state index contributed by atoms with van der Waals surface area (Å²) in [5.41, 5.74) is 2.57. The number of para-hydroxylation sites is 1. The molecule has 150 valence electrons. The Morgan fingerprint density at radius 1 is 0.933 bits per heavy atom. The van der Waals surface area contributed by atoms with E-state index in [9.17, 15) is 9.59 Å². The van der Waals surface area contributed by atoms with E-state index in [4.69, 9.17) is 10.00 Å². The zero-order chi connectivity index (χ0) is 21.3. The lowest BCUT2D eigenvalue weighted by Gasteiger charge is -2.13. The Morgan fingerprint density at radius 3 is 2.43 bits per heavy atom. The number of rotatable bonds is 7. The van der Waals surface area contributed by atoms with Crippen molar-refractivity contribution in [3.05, 3.63) is 83.9 Å². The van der Waals surface area contributed by atoms with Crippen LogP contribution in [0.25, 0.3) is 0 Å². The summed E-state index contributed by atoms with van der Waals surface area (Å²) in [5.74, 6) is 0.0993. The SMILES string of the molecule is COc1ccc(NC(=O)c2ccccc2NCC(=O)Nc2cccc(C#N)c2)cc1. The van der Waals surface area contributed by atoms with Gasteiger partial charge in [-0.05, 0) is 54.6 Å². The van der Waals surface area contributed by atoms with Gasteiger partial charge in [0.1, 0.15) is 5.75 Å². The highest BCUT2D eigenvalue weighted by Crippen LogP contribution is 2.19. The predicted octanol–water partition coefficient (Wildman–Crippen LogP) is 3.87. The van der Waals surface area contributed by atoms with Gasteiger partial charge in [-0.3, -0.25) is 9.59 Å². The van der Waals surface area contributed by atoms with Gasteiger partial charge in [-0.25, -0.2) is 0 Å². The number of nitrogens with zero attached hydrogens (tertiary/aromatic N) is 1. The Morgan fingerprint density at radius 2 is 1.70 bits per heavy atom. The third-order valence-corrected chi connectivity index (χ3v) is 4.23. The summed E-state index contributed by atoms with van der Waals surface area (Å²) in [4.78, 5) is 24.9. The van der Waals surface area contributed by atoms with Crippen molar-refractivity contribution in [1.29, 1.82) is 5.26 Å². The third kappa shape index (κ3) is 5.36. The van der Waals surface area contributed by atoms with Crippen LogP contribution in [-0.2, 0) is 4.79 Å². The van der Waals surface area contributed by atoms with Gasteiger partial charge in [0.25, 0.3) is 5.91 Å². The fraction of sp³-hybridized carbons (Fsp3) is 0.0870. The molecule has 0 aliphatic heterocycles. The Balaban J connectivity index is 1.63. The van der Waals surface area contributed by atoms with Gasteiger partial charge in [0.15, 0.2) is 0 Å². The molecule has 7 heteroatoms. The van der Waals surface area contributed by atoms with E-state index < -0.39 is 0 Å². The summed E-state index contributed by atoms with van der Waals surface area (Å²) in [6, 6.07) is 22.6. The van der Waals surface area contributed by atoms with Crippen LogP contribution in [0.5, 0.6) is 5.75 Å². The molecule has 3 aromatic rings. The molecule has 0 saturated carbocycles. The molecule has 30 heavy (non-hydrogen) atoms. The summed E-state index contributed by atoms with van der Waals surface area (Å²) in [7, 11) is 1.58. The quantitative estimate of drug-likeness (QED) is 0.559. The van der Waals surface area contributed by atoms with E-state index in [-0.39, 0.29) is 18.4 Å². The Labute approximate surface area is 174 Å². The number of methoxy groups -OCH3 is 1. The fourth-order valence-electron chi connectivity index (χ4n) is 2.76. The summed E-state index contributed by atoms with van der Waals surface area (Å²) in [6.45, 7) is -0.0381. The monoisotopic (exact) mass is 400 g/mol. The van der Waals surface area contributed by atoms with Gasteiger partial charge in [0.05, 0.1) is 30.9 Å². The highest BCUT2D eigenvalue weighted by molar-refractivity contribution is 6.08. The van der Waals surface area contributed by atoms with Crippen molar-refractivity contribution in [3.63, 3.8) is 0 Å². The maximum Gasteiger partial charge on any atom is 0.257 e. The summed E-state index contributed by atoms with van der Waals surface area (Å²) < 4.78 is 5.11. The lowest BCUT2D eigenvalue weighted by molar-refractivity contribution is -0.114. The zero-order valence-corrected chi connectivity index (χ0v) is 16.3. The number of hydrogen-bond acceptors (Lipinski definition) is 5. The third-order valence-electron chi connectivity index (χ3n) is 4.23. The van der Waals surface area contributed by atoms with Crippen LogP contribution in [0.1, 0.15) is 15.9 Å². The molecule has 0 unspecified atom stereocenters. The average Bonchev–Trinajstić information content (AvgIpc) is 2.78. The van der Waals surface area contributed by atoms with Gasteiger partial charge < -0.3 is 20.7 Å². The Hall–Kier alpha value is -4.31. The fourth-order valence-corrected chi connectivity index (χ4v) is 2.76. The van der Waals surface area contributed by atoms with Crippen LogP contribution in [0.2, 0.25) is 0 Å². The molecule has 7 nitrogen and oxygen atoms in total. The average molecular weight is 400 g/mol. The molecule has 0 aliphatic rings. The zero-order valence-electron chi connectivity index (χ0n) is 16.3. The number of anilines is 3. The first-order valence-corrected chi connectivity index (χ1v) is 9.17. The molecule has 0 saturated heterocycles. The summed E-state index contributed by atoms with van der Waals surface area (Å²) >= 11 is 0. The van der Waals surface area contributed by atoms with Gasteiger partial charge in [-0.15, -0.1) is 0 Å². The number of carbonyl (C=O) groups excluding carboxylic acids is 2.